The van der Waals surface area contributed by atoms with Crippen LogP contribution >= 0.6 is 0 Å². The molecule has 4 heteroatoms. The number of hydrogen-bond donors (Lipinski definition) is 2. The van der Waals surface area contributed by atoms with Crippen molar-refractivity contribution in [3.05, 3.63) is 35.6 Å². The van der Waals surface area contributed by atoms with E-state index in [2.05, 4.69) is 5.32 Å². The Balaban J connectivity index is 1.56. The summed E-state index contributed by atoms with van der Waals surface area (Å²) in [6, 6.07) is 7.79. The molecular weight excluding hydrogens is 278 g/mol. The minimum absolute atomic E-state index is 0.0891. The predicted octanol–water partition coefficient (Wildman–Crippen LogP) is 2.88. The van der Waals surface area contributed by atoms with Gasteiger partial charge in [0.15, 0.2) is 5.76 Å². The Hall–Kier alpha value is -1.81. The second-order valence-corrected chi connectivity index (χ2v) is 6.83. The number of benzene rings is 1. The van der Waals surface area contributed by atoms with Crippen LogP contribution in [0.1, 0.15) is 35.4 Å². The molecule has 1 aromatic carbocycles. The second-order valence-electron chi connectivity index (χ2n) is 6.83. The summed E-state index contributed by atoms with van der Waals surface area (Å²) in [6.07, 6.45) is 3.48. The van der Waals surface area contributed by atoms with Crippen molar-refractivity contribution in [2.75, 3.05) is 6.61 Å². The van der Waals surface area contributed by atoms with E-state index in [1.165, 1.54) is 6.42 Å². The maximum absolute atomic E-state index is 12.5. The molecule has 4 rings (SSSR count). The van der Waals surface area contributed by atoms with Gasteiger partial charge < -0.3 is 14.8 Å². The number of aryl methyl sites for hydroxylation is 1. The van der Waals surface area contributed by atoms with Crippen LogP contribution in [0.25, 0.3) is 11.0 Å². The highest BCUT2D eigenvalue weighted by Gasteiger charge is 2.47. The average Bonchev–Trinajstić information content (AvgIpc) is 3.19. The first-order valence-corrected chi connectivity index (χ1v) is 8.07. The summed E-state index contributed by atoms with van der Waals surface area (Å²) in [5.41, 5.74) is 1.89. The fourth-order valence-corrected chi connectivity index (χ4v) is 4.40. The Morgan fingerprint density at radius 1 is 1.32 bits per heavy atom. The number of fused-ring (bicyclic) bond motifs is 3. The summed E-state index contributed by atoms with van der Waals surface area (Å²) in [7, 11) is 0. The molecule has 22 heavy (non-hydrogen) atoms. The Morgan fingerprint density at radius 2 is 2.14 bits per heavy atom. The summed E-state index contributed by atoms with van der Waals surface area (Å²) in [4.78, 5) is 12.5. The first kappa shape index (κ1) is 13.8. The van der Waals surface area contributed by atoms with Crippen LogP contribution in [0.15, 0.2) is 28.7 Å². The van der Waals surface area contributed by atoms with Crippen molar-refractivity contribution in [2.45, 2.75) is 32.2 Å². The third-order valence-corrected chi connectivity index (χ3v) is 5.49. The zero-order valence-corrected chi connectivity index (χ0v) is 12.7. The highest BCUT2D eigenvalue weighted by molar-refractivity contribution is 5.96. The molecule has 2 aromatic rings. The number of furan rings is 1. The fraction of sp³-hybridized carbons (Fsp3) is 0.500. The van der Waals surface area contributed by atoms with Gasteiger partial charge in [-0.05, 0) is 56.2 Å². The van der Waals surface area contributed by atoms with Gasteiger partial charge in [-0.2, -0.15) is 0 Å². The molecule has 0 spiro atoms. The van der Waals surface area contributed by atoms with Crippen molar-refractivity contribution in [3.8, 4) is 0 Å². The number of amides is 1. The maximum Gasteiger partial charge on any atom is 0.287 e. The van der Waals surface area contributed by atoms with E-state index in [4.69, 9.17) is 4.42 Å². The van der Waals surface area contributed by atoms with E-state index in [9.17, 15) is 9.90 Å². The largest absolute Gasteiger partial charge is 0.451 e. The third kappa shape index (κ3) is 2.13. The maximum atomic E-state index is 12.5. The average molecular weight is 299 g/mol. The smallest absolute Gasteiger partial charge is 0.287 e. The highest BCUT2D eigenvalue weighted by atomic mass is 16.3. The molecule has 1 aromatic heterocycles. The molecule has 4 unspecified atom stereocenters. The molecule has 2 N–H and O–H groups in total. The summed E-state index contributed by atoms with van der Waals surface area (Å²) >= 11 is 0. The molecule has 0 aliphatic heterocycles. The van der Waals surface area contributed by atoms with Gasteiger partial charge in [0.1, 0.15) is 5.58 Å². The molecule has 2 bridgehead atoms. The van der Waals surface area contributed by atoms with Crippen LogP contribution in [0.5, 0.6) is 0 Å². The first-order valence-electron chi connectivity index (χ1n) is 8.07. The number of carbonyl (C=O) groups is 1. The molecule has 4 nitrogen and oxygen atoms in total. The SMILES string of the molecule is Cc1ccc2oc(C(=O)NC3C4CCC(C4)C3CO)cc2c1. The molecule has 2 aliphatic rings. The molecule has 2 aliphatic carbocycles. The molecule has 2 saturated carbocycles. The van der Waals surface area contributed by atoms with Gasteiger partial charge in [0.05, 0.1) is 0 Å². The van der Waals surface area contributed by atoms with Crippen LogP contribution in [0.3, 0.4) is 0 Å². The molecule has 2 fully saturated rings. The standard InChI is InChI=1S/C18H21NO3/c1-10-2-5-15-13(6-10)8-16(22-15)18(21)19-17-12-4-3-11(7-12)14(17)9-20/h2,5-6,8,11-12,14,17,20H,3-4,7,9H2,1H3,(H,19,21). The van der Waals surface area contributed by atoms with Crippen LogP contribution < -0.4 is 5.32 Å². The number of aliphatic hydroxyl groups excluding tert-OH is 1. The van der Waals surface area contributed by atoms with Crippen LogP contribution in [0.4, 0.5) is 0 Å². The van der Waals surface area contributed by atoms with Crippen molar-refractivity contribution in [2.24, 2.45) is 17.8 Å². The van der Waals surface area contributed by atoms with Gasteiger partial charge in [-0.1, -0.05) is 11.6 Å². The van der Waals surface area contributed by atoms with E-state index in [-0.39, 0.29) is 24.5 Å². The number of rotatable bonds is 3. The van der Waals surface area contributed by atoms with E-state index in [0.29, 0.717) is 17.6 Å². The minimum atomic E-state index is -0.162. The molecule has 1 heterocycles. The predicted molar refractivity (Wildman–Crippen MR) is 83.6 cm³/mol. The van der Waals surface area contributed by atoms with Gasteiger partial charge in [0.25, 0.3) is 5.91 Å². The van der Waals surface area contributed by atoms with Gasteiger partial charge in [-0.3, -0.25) is 4.79 Å². The van der Waals surface area contributed by atoms with Crippen molar-refractivity contribution >= 4 is 16.9 Å². The monoisotopic (exact) mass is 299 g/mol. The third-order valence-electron chi connectivity index (χ3n) is 5.49. The molecule has 1 amide bonds. The zero-order chi connectivity index (χ0) is 15.3. The Bertz CT molecular complexity index is 720. The molecule has 116 valence electrons. The van der Waals surface area contributed by atoms with E-state index < -0.39 is 0 Å². The van der Waals surface area contributed by atoms with Crippen LogP contribution in [-0.4, -0.2) is 23.7 Å². The van der Waals surface area contributed by atoms with E-state index >= 15 is 0 Å². The van der Waals surface area contributed by atoms with E-state index in [0.717, 1.165) is 29.4 Å². The van der Waals surface area contributed by atoms with Crippen LogP contribution in [0.2, 0.25) is 0 Å². The van der Waals surface area contributed by atoms with Gasteiger partial charge in [0, 0.05) is 24.0 Å². The minimum Gasteiger partial charge on any atom is -0.451 e. The quantitative estimate of drug-likeness (QED) is 0.916. The van der Waals surface area contributed by atoms with Gasteiger partial charge >= 0.3 is 0 Å². The lowest BCUT2D eigenvalue weighted by Crippen LogP contribution is -2.45. The van der Waals surface area contributed by atoms with Crippen molar-refractivity contribution in [1.82, 2.24) is 5.32 Å². The van der Waals surface area contributed by atoms with Crippen molar-refractivity contribution < 1.29 is 14.3 Å². The molecule has 0 radical (unpaired) electrons. The second kappa shape index (κ2) is 5.13. The summed E-state index contributed by atoms with van der Waals surface area (Å²) in [5, 5.41) is 13.7. The Kier molecular flexibility index (Phi) is 3.22. The van der Waals surface area contributed by atoms with E-state index in [1.807, 2.05) is 25.1 Å². The number of hydrogen-bond acceptors (Lipinski definition) is 3. The van der Waals surface area contributed by atoms with Crippen LogP contribution in [0, 0.1) is 24.7 Å². The summed E-state index contributed by atoms with van der Waals surface area (Å²) in [6.45, 7) is 2.18. The Labute approximate surface area is 129 Å². The van der Waals surface area contributed by atoms with Crippen LogP contribution in [-0.2, 0) is 0 Å². The molecule has 0 saturated heterocycles. The van der Waals surface area contributed by atoms with Gasteiger partial charge in [0.2, 0.25) is 0 Å². The van der Waals surface area contributed by atoms with Crippen molar-refractivity contribution in [3.63, 3.8) is 0 Å². The zero-order valence-electron chi connectivity index (χ0n) is 12.7. The number of aliphatic hydroxyl groups is 1. The summed E-state index contributed by atoms with van der Waals surface area (Å²) in [5.74, 6) is 1.48. The number of nitrogens with one attached hydrogen (secondary N) is 1. The topological polar surface area (TPSA) is 62.5 Å². The first-order chi connectivity index (χ1) is 10.7. The lowest BCUT2D eigenvalue weighted by molar-refractivity contribution is 0.0836. The van der Waals surface area contributed by atoms with Gasteiger partial charge in [-0.25, -0.2) is 0 Å². The summed E-state index contributed by atoms with van der Waals surface area (Å²) < 4.78 is 5.67. The van der Waals surface area contributed by atoms with E-state index in [1.54, 1.807) is 6.07 Å². The lowest BCUT2D eigenvalue weighted by atomic mass is 9.85. The van der Waals surface area contributed by atoms with Crippen molar-refractivity contribution in [1.29, 1.82) is 0 Å². The fourth-order valence-electron chi connectivity index (χ4n) is 4.40. The Morgan fingerprint density at radius 3 is 2.95 bits per heavy atom. The lowest BCUT2D eigenvalue weighted by Gasteiger charge is -2.30. The van der Waals surface area contributed by atoms with Gasteiger partial charge in [-0.15, -0.1) is 0 Å². The molecule has 4 atom stereocenters. The normalized spacial score (nSPS) is 30.1. The number of carbonyl (C=O) groups excluding carboxylic acids is 1. The highest BCUT2D eigenvalue weighted by Crippen LogP contribution is 2.48. The molecular formula is C18H21NO3.